The van der Waals surface area contributed by atoms with Crippen LogP contribution in [0.15, 0.2) is 0 Å². The van der Waals surface area contributed by atoms with Gasteiger partial charge in [-0.05, 0) is 13.8 Å². The smallest absolute Gasteiger partial charge is 0.184 e. The monoisotopic (exact) mass is 220 g/mol. The van der Waals surface area contributed by atoms with Crippen molar-refractivity contribution in [3.05, 3.63) is 0 Å². The fourth-order valence-corrected chi connectivity index (χ4v) is 1.84. The molecule has 5 atom stereocenters. The minimum atomic E-state index is -1.39. The van der Waals surface area contributed by atoms with Gasteiger partial charge in [0, 0.05) is 0 Å². The van der Waals surface area contributed by atoms with E-state index in [9.17, 15) is 15.3 Å². The maximum atomic E-state index is 9.70. The highest BCUT2D eigenvalue weighted by Gasteiger charge is 2.49. The van der Waals surface area contributed by atoms with Crippen molar-refractivity contribution in [3.8, 4) is 0 Å². The highest BCUT2D eigenvalue weighted by atomic mass is 16.7. The molecule has 0 saturated carbocycles. The Bertz CT molecular complexity index is 241. The van der Waals surface area contributed by atoms with Crippen LogP contribution >= 0.6 is 0 Å². The molecule has 6 heteroatoms. The summed E-state index contributed by atoms with van der Waals surface area (Å²) in [5, 5.41) is 28.4. The van der Waals surface area contributed by atoms with Crippen LogP contribution in [0, 0.1) is 0 Å². The molecule has 0 bridgehead atoms. The molecule has 2 rings (SSSR count). The number of ether oxygens (including phenoxy) is 3. The third kappa shape index (κ3) is 2.01. The number of fused-ring (bicyclic) bond motifs is 1. The van der Waals surface area contributed by atoms with Crippen LogP contribution < -0.4 is 0 Å². The van der Waals surface area contributed by atoms with E-state index in [4.69, 9.17) is 14.2 Å². The van der Waals surface area contributed by atoms with Crippen LogP contribution in [-0.2, 0) is 14.2 Å². The zero-order valence-electron chi connectivity index (χ0n) is 8.66. The predicted octanol–water partition coefficient (Wildman–Crippen LogP) is -1.42. The average Bonchev–Trinajstić information content (AvgIpc) is 2.16. The molecule has 0 radical (unpaired) electrons. The lowest BCUT2D eigenvalue weighted by molar-refractivity contribution is -0.377. The topological polar surface area (TPSA) is 88.4 Å². The van der Waals surface area contributed by atoms with E-state index < -0.39 is 36.5 Å². The zero-order valence-corrected chi connectivity index (χ0v) is 8.66. The molecule has 2 aliphatic heterocycles. The Morgan fingerprint density at radius 2 is 1.80 bits per heavy atom. The molecule has 88 valence electrons. The summed E-state index contributed by atoms with van der Waals surface area (Å²) in [6.45, 7) is 3.65. The fraction of sp³-hybridized carbons (Fsp3) is 1.00. The van der Waals surface area contributed by atoms with Crippen LogP contribution in [0.1, 0.15) is 13.8 Å². The second-order valence-electron chi connectivity index (χ2n) is 4.34. The molecule has 3 N–H and O–H groups in total. The first kappa shape index (κ1) is 11.3. The van der Waals surface area contributed by atoms with E-state index >= 15 is 0 Å². The molecule has 0 aliphatic carbocycles. The minimum Gasteiger partial charge on any atom is -0.387 e. The summed E-state index contributed by atoms with van der Waals surface area (Å²) >= 11 is 0. The molecule has 0 aromatic heterocycles. The van der Waals surface area contributed by atoms with Gasteiger partial charge in [0.1, 0.15) is 24.4 Å². The second-order valence-corrected chi connectivity index (χ2v) is 4.34. The largest absolute Gasteiger partial charge is 0.387 e. The summed E-state index contributed by atoms with van der Waals surface area (Å²) in [4.78, 5) is 0. The summed E-state index contributed by atoms with van der Waals surface area (Å²) in [6, 6.07) is 0. The number of aliphatic hydroxyl groups excluding tert-OH is 3. The van der Waals surface area contributed by atoms with Gasteiger partial charge in [0.15, 0.2) is 12.1 Å². The molecular formula is C9H16O6. The van der Waals surface area contributed by atoms with Gasteiger partial charge >= 0.3 is 0 Å². The standard InChI is InChI=1S/C9H16O6/c1-9(2)13-3-4-7(15-9)5(10)6(11)8(12)14-4/h4-8,10-12H,3H2,1-2H3/t4-,5-,6-,7-,8?/m0/s1. The Kier molecular flexibility index (Phi) is 2.74. The third-order valence-electron chi connectivity index (χ3n) is 2.67. The van der Waals surface area contributed by atoms with Crippen LogP contribution in [0.2, 0.25) is 0 Å². The number of aliphatic hydroxyl groups is 3. The average molecular weight is 220 g/mol. The summed E-state index contributed by atoms with van der Waals surface area (Å²) < 4.78 is 15.8. The molecular weight excluding hydrogens is 204 g/mol. The van der Waals surface area contributed by atoms with Crippen molar-refractivity contribution in [2.45, 2.75) is 50.3 Å². The van der Waals surface area contributed by atoms with E-state index in [1.54, 1.807) is 13.8 Å². The Morgan fingerprint density at radius 1 is 1.13 bits per heavy atom. The highest BCUT2D eigenvalue weighted by Crippen LogP contribution is 2.31. The molecule has 0 aromatic carbocycles. The Morgan fingerprint density at radius 3 is 2.47 bits per heavy atom. The summed E-state index contributed by atoms with van der Waals surface area (Å²) in [7, 11) is 0. The number of hydrogen-bond acceptors (Lipinski definition) is 6. The van der Waals surface area contributed by atoms with Gasteiger partial charge in [-0.15, -0.1) is 0 Å². The van der Waals surface area contributed by atoms with Gasteiger partial charge in [-0.25, -0.2) is 0 Å². The Balaban J connectivity index is 2.12. The van der Waals surface area contributed by atoms with Gasteiger partial charge in [0.25, 0.3) is 0 Å². The summed E-state index contributed by atoms with van der Waals surface area (Å²) in [5.74, 6) is -0.812. The lowest BCUT2D eigenvalue weighted by Crippen LogP contribution is -2.64. The van der Waals surface area contributed by atoms with E-state index in [0.717, 1.165) is 0 Å². The van der Waals surface area contributed by atoms with Crippen LogP contribution in [0.5, 0.6) is 0 Å². The molecule has 0 amide bonds. The van der Waals surface area contributed by atoms with Gasteiger partial charge in [0.05, 0.1) is 6.61 Å². The second kappa shape index (κ2) is 3.65. The normalized spacial score (nSPS) is 49.8. The molecule has 0 aromatic rings. The van der Waals surface area contributed by atoms with Gasteiger partial charge in [-0.2, -0.15) is 0 Å². The molecule has 2 heterocycles. The lowest BCUT2D eigenvalue weighted by Gasteiger charge is -2.47. The summed E-state index contributed by atoms with van der Waals surface area (Å²) in [6.07, 6.45) is -5.13. The maximum absolute atomic E-state index is 9.70. The van der Waals surface area contributed by atoms with Crippen molar-refractivity contribution in [1.29, 1.82) is 0 Å². The van der Waals surface area contributed by atoms with Gasteiger partial charge in [-0.3, -0.25) is 0 Å². The Hall–Kier alpha value is -0.240. The van der Waals surface area contributed by atoms with Crippen LogP contribution in [-0.4, -0.2) is 58.4 Å². The molecule has 1 unspecified atom stereocenters. The first-order valence-corrected chi connectivity index (χ1v) is 4.92. The zero-order chi connectivity index (χ0) is 11.2. The summed E-state index contributed by atoms with van der Waals surface area (Å²) in [5.41, 5.74) is 0. The van der Waals surface area contributed by atoms with E-state index in [-0.39, 0.29) is 6.61 Å². The van der Waals surface area contributed by atoms with Gasteiger partial charge in [0.2, 0.25) is 0 Å². The maximum Gasteiger partial charge on any atom is 0.184 e. The highest BCUT2D eigenvalue weighted by molar-refractivity contribution is 4.92. The van der Waals surface area contributed by atoms with Crippen molar-refractivity contribution in [2.24, 2.45) is 0 Å². The first-order chi connectivity index (χ1) is 6.91. The Labute approximate surface area is 87.4 Å². The van der Waals surface area contributed by atoms with Crippen LogP contribution in [0.3, 0.4) is 0 Å². The molecule has 2 fully saturated rings. The quantitative estimate of drug-likeness (QED) is 0.464. The first-order valence-electron chi connectivity index (χ1n) is 4.92. The van der Waals surface area contributed by atoms with Crippen LogP contribution in [0.25, 0.3) is 0 Å². The minimum absolute atomic E-state index is 0.221. The van der Waals surface area contributed by atoms with Crippen molar-refractivity contribution in [1.82, 2.24) is 0 Å². The van der Waals surface area contributed by atoms with E-state index in [1.165, 1.54) is 0 Å². The van der Waals surface area contributed by atoms with Crippen LogP contribution in [0.4, 0.5) is 0 Å². The lowest BCUT2D eigenvalue weighted by atomic mass is 9.98. The fourth-order valence-electron chi connectivity index (χ4n) is 1.84. The number of rotatable bonds is 0. The van der Waals surface area contributed by atoms with E-state index in [1.807, 2.05) is 0 Å². The van der Waals surface area contributed by atoms with Gasteiger partial charge in [-0.1, -0.05) is 0 Å². The molecule has 15 heavy (non-hydrogen) atoms. The van der Waals surface area contributed by atoms with E-state index in [2.05, 4.69) is 0 Å². The van der Waals surface area contributed by atoms with Crippen molar-refractivity contribution >= 4 is 0 Å². The van der Waals surface area contributed by atoms with E-state index in [0.29, 0.717) is 0 Å². The molecule has 0 spiro atoms. The molecule has 2 aliphatic rings. The molecule has 2 saturated heterocycles. The SMILES string of the molecule is CC1(C)OC[C@@H]2OC(O)[C@@H](O)[C@H](O)[C@H]2O1. The molecule has 6 nitrogen and oxygen atoms in total. The third-order valence-corrected chi connectivity index (χ3v) is 2.67. The number of hydrogen-bond donors (Lipinski definition) is 3. The van der Waals surface area contributed by atoms with Gasteiger partial charge < -0.3 is 29.5 Å². The van der Waals surface area contributed by atoms with Crippen molar-refractivity contribution in [2.75, 3.05) is 6.61 Å². The predicted molar refractivity (Wildman–Crippen MR) is 47.8 cm³/mol. The van der Waals surface area contributed by atoms with Crippen molar-refractivity contribution < 1.29 is 29.5 Å². The van der Waals surface area contributed by atoms with Crippen molar-refractivity contribution in [3.63, 3.8) is 0 Å².